The smallest absolute Gasteiger partial charge is 0.126 e. The number of nitrogens with zero attached hydrogens (tertiary/aromatic N) is 1. The summed E-state index contributed by atoms with van der Waals surface area (Å²) in [6.07, 6.45) is 4.13. The second-order valence-electron chi connectivity index (χ2n) is 3.83. The minimum Gasteiger partial charge on any atom is -0.380 e. The number of benzene rings is 1. The molecule has 0 saturated carbocycles. The van der Waals surface area contributed by atoms with Crippen molar-refractivity contribution in [2.45, 2.75) is 19.4 Å². The molecule has 2 N–H and O–H groups in total. The molecule has 16 heavy (non-hydrogen) atoms. The second kappa shape index (κ2) is 4.79. The molecule has 3 nitrogen and oxygen atoms in total. The van der Waals surface area contributed by atoms with E-state index in [0.29, 0.717) is 6.42 Å². The van der Waals surface area contributed by atoms with Crippen molar-refractivity contribution in [3.05, 3.63) is 48.0 Å². The number of aromatic amines is 1. The van der Waals surface area contributed by atoms with Crippen LogP contribution in [0.15, 0.2) is 36.7 Å². The van der Waals surface area contributed by atoms with E-state index in [9.17, 15) is 4.39 Å². The van der Waals surface area contributed by atoms with Crippen LogP contribution < -0.4 is 5.32 Å². The lowest BCUT2D eigenvalue weighted by atomic mass is 10.1. The van der Waals surface area contributed by atoms with Crippen LogP contribution in [0.2, 0.25) is 0 Å². The Bertz CT molecular complexity index is 439. The molecule has 0 spiro atoms. The van der Waals surface area contributed by atoms with E-state index < -0.39 is 0 Å². The highest BCUT2D eigenvalue weighted by Crippen LogP contribution is 2.12. The summed E-state index contributed by atoms with van der Waals surface area (Å²) in [6, 6.07) is 7.01. The minimum atomic E-state index is -0.150. The third kappa shape index (κ3) is 2.59. The van der Waals surface area contributed by atoms with Crippen LogP contribution in [0.1, 0.15) is 12.5 Å². The molecule has 1 unspecified atom stereocenters. The Kier molecular flexibility index (Phi) is 3.19. The fraction of sp³-hybridized carbons (Fsp3) is 0.250. The van der Waals surface area contributed by atoms with Gasteiger partial charge in [0.05, 0.1) is 11.9 Å². The standard InChI is InChI=1S/C12H14FN3/c1-9(16-11-7-14-15-8-11)6-10-4-2-3-5-12(10)13/h2-5,7-9,16H,6H2,1H3,(H,14,15). The average molecular weight is 219 g/mol. The Morgan fingerprint density at radius 3 is 2.94 bits per heavy atom. The fourth-order valence-corrected chi connectivity index (χ4v) is 1.66. The maximum atomic E-state index is 13.4. The molecular weight excluding hydrogens is 205 g/mol. The zero-order valence-corrected chi connectivity index (χ0v) is 9.07. The lowest BCUT2D eigenvalue weighted by Crippen LogP contribution is -2.18. The average Bonchev–Trinajstić information content (AvgIpc) is 2.74. The largest absolute Gasteiger partial charge is 0.380 e. The number of hydrogen-bond donors (Lipinski definition) is 2. The monoisotopic (exact) mass is 219 g/mol. The summed E-state index contributed by atoms with van der Waals surface area (Å²) in [5, 5.41) is 9.80. The molecule has 0 radical (unpaired) electrons. The zero-order chi connectivity index (χ0) is 11.4. The van der Waals surface area contributed by atoms with E-state index in [2.05, 4.69) is 15.5 Å². The van der Waals surface area contributed by atoms with E-state index in [0.717, 1.165) is 11.3 Å². The summed E-state index contributed by atoms with van der Waals surface area (Å²) in [6.45, 7) is 2.01. The third-order valence-corrected chi connectivity index (χ3v) is 2.40. The highest BCUT2D eigenvalue weighted by molar-refractivity contribution is 5.39. The van der Waals surface area contributed by atoms with Gasteiger partial charge in [0.25, 0.3) is 0 Å². The van der Waals surface area contributed by atoms with Crippen molar-refractivity contribution in [3.8, 4) is 0 Å². The van der Waals surface area contributed by atoms with Crippen LogP contribution in [0.3, 0.4) is 0 Å². The third-order valence-electron chi connectivity index (χ3n) is 2.40. The molecule has 0 saturated heterocycles. The first-order valence-electron chi connectivity index (χ1n) is 5.24. The van der Waals surface area contributed by atoms with Gasteiger partial charge in [0.15, 0.2) is 0 Å². The molecule has 0 bridgehead atoms. The number of aromatic nitrogens is 2. The van der Waals surface area contributed by atoms with E-state index >= 15 is 0 Å². The van der Waals surface area contributed by atoms with Crippen molar-refractivity contribution >= 4 is 5.69 Å². The molecule has 2 rings (SSSR count). The Hall–Kier alpha value is -1.84. The molecule has 0 aliphatic carbocycles. The van der Waals surface area contributed by atoms with E-state index in [1.165, 1.54) is 6.07 Å². The summed E-state index contributed by atoms with van der Waals surface area (Å²) in [4.78, 5) is 0. The van der Waals surface area contributed by atoms with Crippen molar-refractivity contribution < 1.29 is 4.39 Å². The number of halogens is 1. The van der Waals surface area contributed by atoms with Crippen LogP contribution >= 0.6 is 0 Å². The lowest BCUT2D eigenvalue weighted by molar-refractivity contribution is 0.601. The SMILES string of the molecule is CC(Cc1ccccc1F)Nc1cn[nH]c1. The Morgan fingerprint density at radius 2 is 2.25 bits per heavy atom. The van der Waals surface area contributed by atoms with Crippen LogP contribution in [0.5, 0.6) is 0 Å². The second-order valence-corrected chi connectivity index (χ2v) is 3.83. The van der Waals surface area contributed by atoms with Crippen LogP contribution in [0.4, 0.5) is 10.1 Å². The van der Waals surface area contributed by atoms with Gasteiger partial charge in [-0.2, -0.15) is 5.10 Å². The summed E-state index contributed by atoms with van der Waals surface area (Å²) < 4.78 is 13.4. The number of nitrogens with one attached hydrogen (secondary N) is 2. The minimum absolute atomic E-state index is 0.150. The molecule has 2 aromatic rings. The molecule has 84 valence electrons. The topological polar surface area (TPSA) is 40.7 Å². The first kappa shape index (κ1) is 10.7. The predicted molar refractivity (Wildman–Crippen MR) is 61.8 cm³/mol. The van der Waals surface area contributed by atoms with Gasteiger partial charge in [-0.1, -0.05) is 18.2 Å². The van der Waals surface area contributed by atoms with Crippen LogP contribution in [-0.2, 0) is 6.42 Å². The predicted octanol–water partition coefficient (Wildman–Crippen LogP) is 2.59. The van der Waals surface area contributed by atoms with Gasteiger partial charge in [0, 0.05) is 12.2 Å². The van der Waals surface area contributed by atoms with Gasteiger partial charge in [0.2, 0.25) is 0 Å². The van der Waals surface area contributed by atoms with E-state index in [-0.39, 0.29) is 11.9 Å². The molecule has 0 aliphatic rings. The van der Waals surface area contributed by atoms with Gasteiger partial charge < -0.3 is 5.32 Å². The van der Waals surface area contributed by atoms with Gasteiger partial charge in [-0.05, 0) is 25.0 Å². The Balaban J connectivity index is 1.97. The fourth-order valence-electron chi connectivity index (χ4n) is 1.66. The summed E-state index contributed by atoms with van der Waals surface area (Å²) in [5.74, 6) is -0.150. The Morgan fingerprint density at radius 1 is 1.44 bits per heavy atom. The van der Waals surface area contributed by atoms with Crippen molar-refractivity contribution in [1.82, 2.24) is 10.2 Å². The van der Waals surface area contributed by atoms with E-state index in [1.54, 1.807) is 18.5 Å². The molecule has 4 heteroatoms. The van der Waals surface area contributed by atoms with Gasteiger partial charge in [-0.25, -0.2) is 4.39 Å². The molecule has 0 aliphatic heterocycles. The van der Waals surface area contributed by atoms with Crippen LogP contribution in [-0.4, -0.2) is 16.2 Å². The van der Waals surface area contributed by atoms with Gasteiger partial charge in [0.1, 0.15) is 5.82 Å². The normalized spacial score (nSPS) is 12.4. The number of H-pyrrole nitrogens is 1. The first-order valence-corrected chi connectivity index (χ1v) is 5.24. The highest BCUT2D eigenvalue weighted by atomic mass is 19.1. The maximum absolute atomic E-state index is 13.4. The number of anilines is 1. The van der Waals surface area contributed by atoms with E-state index in [4.69, 9.17) is 0 Å². The summed E-state index contributed by atoms with van der Waals surface area (Å²) in [7, 11) is 0. The molecule has 1 aromatic heterocycles. The van der Waals surface area contributed by atoms with Crippen molar-refractivity contribution in [2.75, 3.05) is 5.32 Å². The molecule has 0 amide bonds. The molecule has 1 aromatic carbocycles. The summed E-state index contributed by atoms with van der Waals surface area (Å²) in [5.41, 5.74) is 1.65. The quantitative estimate of drug-likeness (QED) is 0.829. The van der Waals surface area contributed by atoms with Crippen LogP contribution in [0, 0.1) is 5.82 Å². The number of rotatable bonds is 4. The lowest BCUT2D eigenvalue weighted by Gasteiger charge is -2.13. The first-order chi connectivity index (χ1) is 7.75. The van der Waals surface area contributed by atoms with Crippen LogP contribution in [0.25, 0.3) is 0 Å². The van der Waals surface area contributed by atoms with Crippen molar-refractivity contribution in [3.63, 3.8) is 0 Å². The maximum Gasteiger partial charge on any atom is 0.126 e. The highest BCUT2D eigenvalue weighted by Gasteiger charge is 2.07. The zero-order valence-electron chi connectivity index (χ0n) is 9.07. The van der Waals surface area contributed by atoms with Gasteiger partial charge >= 0.3 is 0 Å². The van der Waals surface area contributed by atoms with Gasteiger partial charge in [-0.15, -0.1) is 0 Å². The van der Waals surface area contributed by atoms with Crippen molar-refractivity contribution in [1.29, 1.82) is 0 Å². The van der Waals surface area contributed by atoms with Crippen molar-refractivity contribution in [2.24, 2.45) is 0 Å². The molecule has 1 heterocycles. The Labute approximate surface area is 93.7 Å². The summed E-state index contributed by atoms with van der Waals surface area (Å²) >= 11 is 0. The number of hydrogen-bond acceptors (Lipinski definition) is 2. The molecular formula is C12H14FN3. The molecule has 0 fully saturated rings. The van der Waals surface area contributed by atoms with Gasteiger partial charge in [-0.3, -0.25) is 5.10 Å². The van der Waals surface area contributed by atoms with E-state index in [1.807, 2.05) is 19.1 Å². The molecule has 1 atom stereocenters.